The number of nitrogens with zero attached hydrogens (tertiary/aromatic N) is 1. The summed E-state index contributed by atoms with van der Waals surface area (Å²) in [4.78, 5) is 14.4. The van der Waals surface area contributed by atoms with Crippen molar-refractivity contribution in [3.8, 4) is 0 Å². The van der Waals surface area contributed by atoms with Gasteiger partial charge in [0.05, 0.1) is 11.9 Å². The Labute approximate surface area is 79.2 Å². The van der Waals surface area contributed by atoms with Crippen molar-refractivity contribution >= 4 is 27.4 Å². The van der Waals surface area contributed by atoms with E-state index in [2.05, 4.69) is 20.8 Å². The largest absolute Gasteiger partial charge is 0.293 e. The van der Waals surface area contributed by atoms with Crippen LogP contribution in [0.4, 0.5) is 5.69 Å². The molecule has 0 aliphatic rings. The molecule has 0 fully saturated rings. The van der Waals surface area contributed by atoms with Gasteiger partial charge in [0.1, 0.15) is 0 Å². The molecule has 0 radical (unpaired) electrons. The lowest BCUT2D eigenvalue weighted by molar-refractivity contribution is 0.102. The van der Waals surface area contributed by atoms with Gasteiger partial charge < -0.3 is 0 Å². The second kappa shape index (κ2) is 4.03. The monoisotopic (exact) mass is 223 g/mol. The molecule has 1 aromatic rings. The summed E-state index contributed by atoms with van der Waals surface area (Å²) in [5.41, 5.74) is 1.09. The molecule has 0 atom stereocenters. The molecule has 1 aromatic carbocycles. The highest BCUT2D eigenvalue weighted by Gasteiger charge is 2.02. The van der Waals surface area contributed by atoms with Gasteiger partial charge in [0.15, 0.2) is 11.5 Å². The Morgan fingerprint density at radius 1 is 1.58 bits per heavy atom. The van der Waals surface area contributed by atoms with E-state index in [1.807, 2.05) is 0 Å². The molecule has 2 nitrogen and oxygen atoms in total. The molecule has 0 aromatic heterocycles. The number of halogens is 1. The molecule has 0 saturated carbocycles. The number of hydrogen-bond donors (Lipinski definition) is 0. The Morgan fingerprint density at radius 2 is 2.33 bits per heavy atom. The summed E-state index contributed by atoms with van der Waals surface area (Å²) in [6, 6.07) is 6.69. The van der Waals surface area contributed by atoms with E-state index in [0.29, 0.717) is 16.6 Å². The molecule has 0 spiro atoms. The molecule has 0 heterocycles. The van der Waals surface area contributed by atoms with Gasteiger partial charge in [-0.2, -0.15) is 0 Å². The quantitative estimate of drug-likeness (QED) is 0.430. The smallest absolute Gasteiger partial charge is 0.187 e. The minimum atomic E-state index is 0.000463. The van der Waals surface area contributed by atoms with Gasteiger partial charge in [0.25, 0.3) is 0 Å². The standard InChI is InChI=1S/C9H6BrNO/c1-11-8-4-2-3-7(5-8)9(12)6-10/h2-5H,6H2. The van der Waals surface area contributed by atoms with Gasteiger partial charge in [-0.15, -0.1) is 0 Å². The number of hydrogen-bond acceptors (Lipinski definition) is 1. The summed E-state index contributed by atoms with van der Waals surface area (Å²) in [6.07, 6.45) is 0. The predicted molar refractivity (Wildman–Crippen MR) is 50.8 cm³/mol. The summed E-state index contributed by atoms with van der Waals surface area (Å²) < 4.78 is 0. The van der Waals surface area contributed by atoms with Crippen LogP contribution in [0.25, 0.3) is 4.85 Å². The predicted octanol–water partition coefficient (Wildman–Crippen LogP) is 2.81. The first-order valence-corrected chi connectivity index (χ1v) is 4.46. The van der Waals surface area contributed by atoms with Crippen LogP contribution in [0.15, 0.2) is 24.3 Å². The number of carbonyl (C=O) groups excluding carboxylic acids is 1. The SMILES string of the molecule is [C-]#[N+]c1cccc(C(=O)CBr)c1. The van der Waals surface area contributed by atoms with E-state index in [-0.39, 0.29) is 5.78 Å². The molecule has 12 heavy (non-hydrogen) atoms. The Bertz CT molecular complexity index is 341. The van der Waals surface area contributed by atoms with E-state index in [9.17, 15) is 4.79 Å². The second-order valence-electron chi connectivity index (χ2n) is 2.22. The molecule has 0 unspecified atom stereocenters. The zero-order valence-corrected chi connectivity index (χ0v) is 7.84. The number of carbonyl (C=O) groups is 1. The van der Waals surface area contributed by atoms with Crippen LogP contribution in [0.1, 0.15) is 10.4 Å². The summed E-state index contributed by atoms with van der Waals surface area (Å²) in [7, 11) is 0. The number of alkyl halides is 1. The Morgan fingerprint density at radius 3 is 2.92 bits per heavy atom. The third-order valence-electron chi connectivity index (χ3n) is 1.42. The van der Waals surface area contributed by atoms with Crippen LogP contribution in [-0.2, 0) is 0 Å². The summed E-state index contributed by atoms with van der Waals surface area (Å²) in [6.45, 7) is 6.74. The second-order valence-corrected chi connectivity index (χ2v) is 2.78. The lowest BCUT2D eigenvalue weighted by Gasteiger charge is -1.95. The van der Waals surface area contributed by atoms with Crippen molar-refractivity contribution in [2.75, 3.05) is 5.33 Å². The van der Waals surface area contributed by atoms with Crippen LogP contribution < -0.4 is 0 Å². The maximum atomic E-state index is 11.1. The number of benzene rings is 1. The molecule has 60 valence electrons. The lowest BCUT2D eigenvalue weighted by atomic mass is 10.1. The van der Waals surface area contributed by atoms with E-state index in [0.717, 1.165) is 0 Å². The first-order chi connectivity index (χ1) is 5.77. The first-order valence-electron chi connectivity index (χ1n) is 3.34. The van der Waals surface area contributed by atoms with Crippen molar-refractivity contribution in [3.05, 3.63) is 41.2 Å². The van der Waals surface area contributed by atoms with E-state index >= 15 is 0 Å². The van der Waals surface area contributed by atoms with Crippen molar-refractivity contribution in [1.29, 1.82) is 0 Å². The highest BCUT2D eigenvalue weighted by atomic mass is 79.9. The highest BCUT2D eigenvalue weighted by Crippen LogP contribution is 2.14. The third-order valence-corrected chi connectivity index (χ3v) is 1.93. The normalized spacial score (nSPS) is 9.00. The average molecular weight is 224 g/mol. The lowest BCUT2D eigenvalue weighted by Crippen LogP contribution is -1.98. The van der Waals surface area contributed by atoms with Crippen LogP contribution in [0, 0.1) is 6.57 Å². The van der Waals surface area contributed by atoms with Crippen molar-refractivity contribution in [1.82, 2.24) is 0 Å². The van der Waals surface area contributed by atoms with Crippen molar-refractivity contribution in [2.45, 2.75) is 0 Å². The van der Waals surface area contributed by atoms with Gasteiger partial charge in [-0.1, -0.05) is 34.1 Å². The van der Waals surface area contributed by atoms with Crippen LogP contribution in [0.2, 0.25) is 0 Å². The van der Waals surface area contributed by atoms with Gasteiger partial charge >= 0.3 is 0 Å². The summed E-state index contributed by atoms with van der Waals surface area (Å²) in [5, 5.41) is 0.300. The first kappa shape index (κ1) is 8.95. The van der Waals surface area contributed by atoms with Gasteiger partial charge in [-0.05, 0) is 6.07 Å². The Balaban J connectivity index is 3.04. The highest BCUT2D eigenvalue weighted by molar-refractivity contribution is 9.09. The van der Waals surface area contributed by atoms with Crippen LogP contribution >= 0.6 is 15.9 Å². The van der Waals surface area contributed by atoms with Crippen molar-refractivity contribution in [3.63, 3.8) is 0 Å². The topological polar surface area (TPSA) is 21.4 Å². The van der Waals surface area contributed by atoms with Crippen LogP contribution in [-0.4, -0.2) is 11.1 Å². The summed E-state index contributed by atoms with van der Waals surface area (Å²) in [5.74, 6) is 0.000463. The van der Waals surface area contributed by atoms with Gasteiger partial charge in [-0.25, -0.2) is 4.85 Å². The maximum absolute atomic E-state index is 11.1. The van der Waals surface area contributed by atoms with E-state index in [4.69, 9.17) is 6.57 Å². The fourth-order valence-corrected chi connectivity index (χ4v) is 1.15. The maximum Gasteiger partial charge on any atom is 0.187 e. The molecule has 0 aliphatic heterocycles. The molecule has 0 saturated heterocycles. The van der Waals surface area contributed by atoms with E-state index in [1.54, 1.807) is 24.3 Å². The average Bonchev–Trinajstić information content (AvgIpc) is 2.17. The minimum Gasteiger partial charge on any atom is -0.293 e. The third kappa shape index (κ3) is 1.93. The Hall–Kier alpha value is -1.14. The zero-order valence-electron chi connectivity index (χ0n) is 6.25. The molecular weight excluding hydrogens is 218 g/mol. The van der Waals surface area contributed by atoms with Gasteiger partial charge in [0, 0.05) is 5.56 Å². The van der Waals surface area contributed by atoms with Crippen molar-refractivity contribution < 1.29 is 4.79 Å². The van der Waals surface area contributed by atoms with Gasteiger partial charge in [-0.3, -0.25) is 4.79 Å². The molecule has 0 amide bonds. The molecule has 3 heteroatoms. The van der Waals surface area contributed by atoms with E-state index in [1.165, 1.54) is 0 Å². The molecule has 1 rings (SSSR count). The Kier molecular flexibility index (Phi) is 3.01. The molecule has 0 N–H and O–H groups in total. The fourth-order valence-electron chi connectivity index (χ4n) is 0.826. The molecular formula is C9H6BrNO. The zero-order chi connectivity index (χ0) is 8.97. The van der Waals surface area contributed by atoms with Crippen molar-refractivity contribution in [2.24, 2.45) is 0 Å². The summed E-state index contributed by atoms with van der Waals surface area (Å²) >= 11 is 3.07. The van der Waals surface area contributed by atoms with Crippen LogP contribution in [0.5, 0.6) is 0 Å². The number of Topliss-reactive ketones (excluding diaryl/α,β-unsaturated/α-hetero) is 1. The van der Waals surface area contributed by atoms with Gasteiger partial charge in [0.2, 0.25) is 0 Å². The number of rotatable bonds is 2. The fraction of sp³-hybridized carbons (Fsp3) is 0.111. The minimum absolute atomic E-state index is 0.000463. The molecule has 0 aliphatic carbocycles. The van der Waals surface area contributed by atoms with Crippen LogP contribution in [0.3, 0.4) is 0 Å². The van der Waals surface area contributed by atoms with E-state index < -0.39 is 0 Å². The molecule has 0 bridgehead atoms. The number of ketones is 1.